The second-order valence-corrected chi connectivity index (χ2v) is 5.72. The maximum absolute atomic E-state index is 12.0. The molecule has 1 fully saturated rings. The minimum atomic E-state index is -0.801. The maximum Gasteiger partial charge on any atom is 0.317 e. The first-order valence-corrected chi connectivity index (χ1v) is 7.16. The number of amides is 2. The Morgan fingerprint density at radius 2 is 1.95 bits per heavy atom. The van der Waals surface area contributed by atoms with Gasteiger partial charge in [-0.05, 0) is 19.8 Å². The van der Waals surface area contributed by atoms with Gasteiger partial charge in [0.05, 0.1) is 18.1 Å². The molecule has 0 bridgehead atoms. The Morgan fingerprint density at radius 3 is 2.45 bits per heavy atom. The molecule has 1 aliphatic rings. The van der Waals surface area contributed by atoms with Crippen molar-refractivity contribution in [2.75, 3.05) is 27.3 Å². The zero-order valence-corrected chi connectivity index (χ0v) is 12.6. The smallest absolute Gasteiger partial charge is 0.317 e. The van der Waals surface area contributed by atoms with Gasteiger partial charge < -0.3 is 20.1 Å². The van der Waals surface area contributed by atoms with E-state index in [2.05, 4.69) is 5.32 Å². The number of likely N-dealkylation sites (N-methyl/N-ethyl adjacent to an activating group) is 1. The van der Waals surface area contributed by atoms with Crippen LogP contribution >= 0.6 is 0 Å². The number of carbonyl (C=O) groups is 2. The Morgan fingerprint density at radius 1 is 1.35 bits per heavy atom. The van der Waals surface area contributed by atoms with Gasteiger partial charge in [0, 0.05) is 20.7 Å². The minimum absolute atomic E-state index is 0.0490. The molecule has 0 heterocycles. The summed E-state index contributed by atoms with van der Waals surface area (Å²) in [6, 6.07) is -0.298. The Bertz CT molecular complexity index is 340. The zero-order chi connectivity index (χ0) is 15.2. The molecule has 0 spiro atoms. The summed E-state index contributed by atoms with van der Waals surface area (Å²) in [5.74, 6) is -0.801. The predicted octanol–water partition coefficient (Wildman–Crippen LogP) is 1.70. The van der Waals surface area contributed by atoms with Crippen molar-refractivity contribution < 1.29 is 19.4 Å². The third-order valence-corrected chi connectivity index (χ3v) is 4.23. The van der Waals surface area contributed by atoms with Gasteiger partial charge in [0.1, 0.15) is 0 Å². The van der Waals surface area contributed by atoms with Crippen molar-refractivity contribution in [3.63, 3.8) is 0 Å². The number of aliphatic carboxylic acids is 1. The fourth-order valence-electron chi connectivity index (χ4n) is 2.62. The third-order valence-electron chi connectivity index (χ3n) is 4.23. The summed E-state index contributed by atoms with van der Waals surface area (Å²) in [6.45, 7) is 2.54. The summed E-state index contributed by atoms with van der Waals surface area (Å²) in [5.41, 5.74) is -0.792. The molecule has 116 valence electrons. The van der Waals surface area contributed by atoms with Crippen molar-refractivity contribution in [1.29, 1.82) is 0 Å². The number of hydrogen-bond donors (Lipinski definition) is 2. The molecule has 20 heavy (non-hydrogen) atoms. The van der Waals surface area contributed by atoms with E-state index in [-0.39, 0.29) is 18.6 Å². The van der Waals surface area contributed by atoms with Gasteiger partial charge in [-0.2, -0.15) is 0 Å². The lowest BCUT2D eigenvalue weighted by Crippen LogP contribution is -2.50. The van der Waals surface area contributed by atoms with Gasteiger partial charge >= 0.3 is 12.0 Å². The standard InChI is InChI=1S/C14H26N2O4/c1-11(9-20-3)16(2)13(19)15-10-14(12(17)18)7-5-4-6-8-14/h11H,4-10H2,1-3H3,(H,15,19)(H,17,18). The quantitative estimate of drug-likeness (QED) is 0.779. The van der Waals surface area contributed by atoms with Crippen LogP contribution in [0.2, 0.25) is 0 Å². The molecule has 1 saturated carbocycles. The Balaban J connectivity index is 2.55. The predicted molar refractivity (Wildman–Crippen MR) is 75.7 cm³/mol. The number of ether oxygens (including phenoxy) is 1. The Hall–Kier alpha value is -1.30. The van der Waals surface area contributed by atoms with Crippen LogP contribution in [-0.2, 0) is 9.53 Å². The fourth-order valence-corrected chi connectivity index (χ4v) is 2.62. The van der Waals surface area contributed by atoms with Crippen molar-refractivity contribution in [3.05, 3.63) is 0 Å². The van der Waals surface area contributed by atoms with Crippen molar-refractivity contribution >= 4 is 12.0 Å². The molecule has 6 nitrogen and oxygen atoms in total. The molecule has 0 saturated heterocycles. The molecule has 0 radical (unpaired) electrons. The molecular formula is C14H26N2O4. The van der Waals surface area contributed by atoms with E-state index in [9.17, 15) is 14.7 Å². The average Bonchev–Trinajstić information content (AvgIpc) is 2.45. The Labute approximate surface area is 120 Å². The third kappa shape index (κ3) is 4.10. The number of methoxy groups -OCH3 is 1. The van der Waals surface area contributed by atoms with E-state index >= 15 is 0 Å². The summed E-state index contributed by atoms with van der Waals surface area (Å²) in [6.07, 6.45) is 4.18. The van der Waals surface area contributed by atoms with Gasteiger partial charge in [-0.3, -0.25) is 4.79 Å². The van der Waals surface area contributed by atoms with Crippen molar-refractivity contribution in [2.45, 2.75) is 45.1 Å². The SMILES string of the molecule is COCC(C)N(C)C(=O)NCC1(C(=O)O)CCCCC1. The van der Waals surface area contributed by atoms with Crippen LogP contribution in [0.3, 0.4) is 0 Å². The molecule has 0 aromatic rings. The molecule has 0 aliphatic heterocycles. The van der Waals surface area contributed by atoms with Gasteiger partial charge in [-0.25, -0.2) is 4.79 Å². The van der Waals surface area contributed by atoms with E-state index in [0.717, 1.165) is 19.3 Å². The highest BCUT2D eigenvalue weighted by Crippen LogP contribution is 2.36. The second kappa shape index (κ2) is 7.47. The number of hydrogen-bond acceptors (Lipinski definition) is 3. The van der Waals surface area contributed by atoms with Crippen LogP contribution in [0.25, 0.3) is 0 Å². The van der Waals surface area contributed by atoms with Gasteiger partial charge in [-0.15, -0.1) is 0 Å². The molecule has 1 unspecified atom stereocenters. The summed E-state index contributed by atoms with van der Waals surface area (Å²) >= 11 is 0. The van der Waals surface area contributed by atoms with E-state index in [4.69, 9.17) is 4.74 Å². The van der Waals surface area contributed by atoms with Crippen molar-refractivity contribution in [2.24, 2.45) is 5.41 Å². The number of urea groups is 1. The van der Waals surface area contributed by atoms with Gasteiger partial charge in [0.25, 0.3) is 0 Å². The minimum Gasteiger partial charge on any atom is -0.481 e. The molecule has 1 aliphatic carbocycles. The lowest BCUT2D eigenvalue weighted by molar-refractivity contribution is -0.150. The van der Waals surface area contributed by atoms with Crippen LogP contribution in [-0.4, -0.2) is 55.4 Å². The average molecular weight is 286 g/mol. The van der Waals surface area contributed by atoms with E-state index in [0.29, 0.717) is 19.4 Å². The zero-order valence-electron chi connectivity index (χ0n) is 12.6. The first kappa shape index (κ1) is 16.8. The highest BCUT2D eigenvalue weighted by molar-refractivity contribution is 5.78. The van der Waals surface area contributed by atoms with E-state index in [1.54, 1.807) is 19.1 Å². The first-order valence-electron chi connectivity index (χ1n) is 7.16. The lowest BCUT2D eigenvalue weighted by atomic mass is 9.74. The monoisotopic (exact) mass is 286 g/mol. The number of rotatable bonds is 6. The summed E-state index contributed by atoms with van der Waals surface area (Å²) < 4.78 is 5.01. The van der Waals surface area contributed by atoms with Crippen molar-refractivity contribution in [1.82, 2.24) is 10.2 Å². The largest absolute Gasteiger partial charge is 0.481 e. The lowest BCUT2D eigenvalue weighted by Gasteiger charge is -2.34. The molecule has 6 heteroatoms. The molecule has 1 atom stereocenters. The normalized spacial score (nSPS) is 19.1. The topological polar surface area (TPSA) is 78.9 Å². The highest BCUT2D eigenvalue weighted by Gasteiger charge is 2.40. The molecule has 2 amide bonds. The van der Waals surface area contributed by atoms with E-state index < -0.39 is 11.4 Å². The van der Waals surface area contributed by atoms with E-state index in [1.807, 2.05) is 6.92 Å². The number of nitrogens with one attached hydrogen (secondary N) is 1. The van der Waals surface area contributed by atoms with Crippen LogP contribution < -0.4 is 5.32 Å². The number of carboxylic acids is 1. The number of nitrogens with zero attached hydrogens (tertiary/aromatic N) is 1. The fraction of sp³-hybridized carbons (Fsp3) is 0.857. The molecule has 2 N–H and O–H groups in total. The summed E-state index contributed by atoms with van der Waals surface area (Å²) in [5, 5.41) is 12.2. The number of carboxylic acid groups (broad SMARTS) is 1. The highest BCUT2D eigenvalue weighted by atomic mass is 16.5. The van der Waals surface area contributed by atoms with Crippen LogP contribution in [0, 0.1) is 5.41 Å². The summed E-state index contributed by atoms with van der Waals surface area (Å²) in [4.78, 5) is 25.1. The number of carbonyl (C=O) groups excluding carboxylic acids is 1. The van der Waals surface area contributed by atoms with Crippen molar-refractivity contribution in [3.8, 4) is 0 Å². The van der Waals surface area contributed by atoms with Gasteiger partial charge in [0.2, 0.25) is 0 Å². The molecule has 1 rings (SSSR count). The van der Waals surface area contributed by atoms with Gasteiger partial charge in [0.15, 0.2) is 0 Å². The molecule has 0 aromatic carbocycles. The van der Waals surface area contributed by atoms with Crippen LogP contribution in [0.5, 0.6) is 0 Å². The first-order chi connectivity index (χ1) is 9.43. The summed E-state index contributed by atoms with van der Waals surface area (Å²) in [7, 11) is 3.27. The van der Waals surface area contributed by atoms with E-state index in [1.165, 1.54) is 0 Å². The van der Waals surface area contributed by atoms with Crippen LogP contribution in [0.4, 0.5) is 4.79 Å². The maximum atomic E-state index is 12.0. The van der Waals surface area contributed by atoms with Gasteiger partial charge in [-0.1, -0.05) is 19.3 Å². The van der Waals surface area contributed by atoms with Crippen LogP contribution in [0.1, 0.15) is 39.0 Å². The Kier molecular flexibility index (Phi) is 6.26. The molecule has 0 aromatic heterocycles. The van der Waals surface area contributed by atoms with Crippen LogP contribution in [0.15, 0.2) is 0 Å². The molecular weight excluding hydrogens is 260 g/mol. The second-order valence-electron chi connectivity index (χ2n) is 5.72.